The van der Waals surface area contributed by atoms with Gasteiger partial charge in [-0.2, -0.15) is 0 Å². The summed E-state index contributed by atoms with van der Waals surface area (Å²) < 4.78 is 33.3. The van der Waals surface area contributed by atoms with Crippen LogP contribution in [0.1, 0.15) is 74.6 Å². The maximum Gasteiger partial charge on any atom is 0.126 e. The third kappa shape index (κ3) is 5.11. The quantitative estimate of drug-likeness (QED) is 0.342. The predicted octanol–water partition coefficient (Wildman–Crippen LogP) is 7.28. The van der Waals surface area contributed by atoms with E-state index < -0.39 is 5.67 Å². The standard InChI is InChI=1S/C30H38F2N2O/c1-21-17-26-24-10-6-5-9-22(24)18-27(26)29(34(21)20-30(32)13-14-30)25-12-11-23(19-28(25)35-2)33-16-8-4-3-7-15-31/h5-6,9-12,19,21,29,33H,3-4,7-8,13-18,20H2,1-2H3/t21-,29-/m1/s1. The molecule has 188 valence electrons. The Labute approximate surface area is 208 Å². The second-order valence-corrected chi connectivity index (χ2v) is 10.6. The van der Waals surface area contributed by atoms with E-state index in [0.29, 0.717) is 25.8 Å². The van der Waals surface area contributed by atoms with Crippen molar-refractivity contribution in [3.63, 3.8) is 0 Å². The Morgan fingerprint density at radius 1 is 1.09 bits per heavy atom. The molecule has 2 aliphatic carbocycles. The van der Waals surface area contributed by atoms with Crippen LogP contribution in [-0.4, -0.2) is 43.5 Å². The van der Waals surface area contributed by atoms with Crippen molar-refractivity contribution in [2.75, 3.05) is 32.2 Å². The Morgan fingerprint density at radius 3 is 2.66 bits per heavy atom. The van der Waals surface area contributed by atoms with E-state index >= 15 is 4.39 Å². The van der Waals surface area contributed by atoms with Gasteiger partial charge in [-0.15, -0.1) is 0 Å². The molecule has 2 aromatic rings. The number of halogens is 2. The van der Waals surface area contributed by atoms with Crippen LogP contribution in [0.5, 0.6) is 5.75 Å². The highest BCUT2D eigenvalue weighted by Gasteiger charge is 2.49. The van der Waals surface area contributed by atoms with Crippen molar-refractivity contribution >= 4 is 11.3 Å². The zero-order valence-electron chi connectivity index (χ0n) is 21.1. The van der Waals surface area contributed by atoms with E-state index in [-0.39, 0.29) is 18.8 Å². The van der Waals surface area contributed by atoms with Crippen LogP contribution in [0.4, 0.5) is 14.5 Å². The molecule has 1 saturated carbocycles. The minimum absolute atomic E-state index is 0.0130. The van der Waals surface area contributed by atoms with Crippen LogP contribution in [0.15, 0.2) is 48.0 Å². The molecular formula is C30H38F2N2O. The summed E-state index contributed by atoms with van der Waals surface area (Å²) in [5.41, 5.74) is 6.69. The number of fused-ring (bicyclic) bond motifs is 2. The van der Waals surface area contributed by atoms with Crippen LogP contribution in [0.2, 0.25) is 0 Å². The molecule has 1 aliphatic heterocycles. The SMILES string of the molecule is COc1cc(NCCCCCCF)ccc1[C@@H]1C2=C(C[C@@H](C)N1CC1(F)CC1)c1ccccc1C2. The van der Waals surface area contributed by atoms with Crippen LogP contribution < -0.4 is 10.1 Å². The number of anilines is 1. The van der Waals surface area contributed by atoms with E-state index in [4.69, 9.17) is 4.74 Å². The largest absolute Gasteiger partial charge is 0.496 e. The summed E-state index contributed by atoms with van der Waals surface area (Å²) in [5, 5.41) is 3.50. The zero-order chi connectivity index (χ0) is 24.4. The van der Waals surface area contributed by atoms with Gasteiger partial charge < -0.3 is 10.1 Å². The lowest BCUT2D eigenvalue weighted by atomic mass is 9.84. The first-order valence-electron chi connectivity index (χ1n) is 13.3. The van der Waals surface area contributed by atoms with Gasteiger partial charge in [-0.25, -0.2) is 4.39 Å². The lowest BCUT2D eigenvalue weighted by Crippen LogP contribution is -2.44. The molecule has 0 bridgehead atoms. The molecule has 5 rings (SSSR count). The lowest BCUT2D eigenvalue weighted by molar-refractivity contribution is 0.100. The van der Waals surface area contributed by atoms with Crippen LogP contribution in [0, 0.1) is 0 Å². The molecule has 1 N–H and O–H groups in total. The number of benzene rings is 2. The van der Waals surface area contributed by atoms with Crippen molar-refractivity contribution in [1.29, 1.82) is 0 Å². The molecule has 35 heavy (non-hydrogen) atoms. The van der Waals surface area contributed by atoms with Crippen LogP contribution >= 0.6 is 0 Å². The summed E-state index contributed by atoms with van der Waals surface area (Å²) in [6, 6.07) is 15.4. The Hall–Kier alpha value is -2.40. The molecule has 5 heteroatoms. The highest BCUT2D eigenvalue weighted by atomic mass is 19.1. The first-order chi connectivity index (χ1) is 17.0. The minimum Gasteiger partial charge on any atom is -0.496 e. The smallest absolute Gasteiger partial charge is 0.126 e. The van der Waals surface area contributed by atoms with E-state index in [1.54, 1.807) is 7.11 Å². The van der Waals surface area contributed by atoms with Gasteiger partial charge in [0.05, 0.1) is 19.8 Å². The first kappa shape index (κ1) is 24.3. The molecule has 0 radical (unpaired) electrons. The van der Waals surface area contributed by atoms with Gasteiger partial charge >= 0.3 is 0 Å². The number of hydrogen-bond acceptors (Lipinski definition) is 3. The van der Waals surface area contributed by atoms with E-state index in [9.17, 15) is 4.39 Å². The second kappa shape index (κ2) is 10.3. The molecular weight excluding hydrogens is 442 g/mol. The van der Waals surface area contributed by atoms with Gasteiger partial charge in [0.15, 0.2) is 0 Å². The van der Waals surface area contributed by atoms with Gasteiger partial charge in [-0.05, 0) is 73.8 Å². The average molecular weight is 481 g/mol. The Morgan fingerprint density at radius 2 is 1.89 bits per heavy atom. The van der Waals surface area contributed by atoms with E-state index in [1.807, 2.05) is 0 Å². The number of alkyl halides is 2. The summed E-state index contributed by atoms with van der Waals surface area (Å²) in [5.74, 6) is 0.850. The van der Waals surface area contributed by atoms with Gasteiger partial charge in [0, 0.05) is 36.4 Å². The predicted molar refractivity (Wildman–Crippen MR) is 140 cm³/mol. The molecule has 0 unspecified atom stereocenters. The summed E-state index contributed by atoms with van der Waals surface area (Å²) in [4.78, 5) is 2.40. The monoisotopic (exact) mass is 480 g/mol. The van der Waals surface area contributed by atoms with Gasteiger partial charge in [0.2, 0.25) is 0 Å². The number of nitrogens with one attached hydrogen (secondary N) is 1. The van der Waals surface area contributed by atoms with Crippen molar-refractivity contribution in [3.05, 3.63) is 64.7 Å². The zero-order valence-corrected chi connectivity index (χ0v) is 21.1. The summed E-state index contributed by atoms with van der Waals surface area (Å²) in [6.45, 7) is 3.36. The van der Waals surface area contributed by atoms with Gasteiger partial charge in [-0.1, -0.05) is 43.2 Å². The number of unbranched alkanes of at least 4 members (excludes halogenated alkanes) is 3. The van der Waals surface area contributed by atoms with E-state index in [1.165, 1.54) is 22.3 Å². The fourth-order valence-electron chi connectivity index (χ4n) is 5.91. The van der Waals surface area contributed by atoms with Crippen LogP contribution in [0.3, 0.4) is 0 Å². The number of methoxy groups -OCH3 is 1. The highest BCUT2D eigenvalue weighted by Crippen LogP contribution is 2.52. The normalized spacial score (nSPS) is 22.6. The molecule has 2 atom stereocenters. The second-order valence-electron chi connectivity index (χ2n) is 10.6. The molecule has 0 saturated heterocycles. The molecule has 0 aromatic heterocycles. The molecule has 3 nitrogen and oxygen atoms in total. The topological polar surface area (TPSA) is 24.5 Å². The fourth-order valence-corrected chi connectivity index (χ4v) is 5.91. The Balaban J connectivity index is 1.43. The van der Waals surface area contributed by atoms with E-state index in [2.05, 4.69) is 59.6 Å². The number of nitrogens with zero attached hydrogens (tertiary/aromatic N) is 1. The van der Waals surface area contributed by atoms with Crippen molar-refractivity contribution in [2.45, 2.75) is 76.0 Å². The minimum atomic E-state index is -1.05. The first-order valence-corrected chi connectivity index (χ1v) is 13.3. The van der Waals surface area contributed by atoms with Crippen molar-refractivity contribution in [2.24, 2.45) is 0 Å². The van der Waals surface area contributed by atoms with Crippen LogP contribution in [-0.2, 0) is 6.42 Å². The maximum atomic E-state index is 15.1. The van der Waals surface area contributed by atoms with Gasteiger partial charge in [0.25, 0.3) is 0 Å². The van der Waals surface area contributed by atoms with Crippen molar-refractivity contribution < 1.29 is 13.5 Å². The lowest BCUT2D eigenvalue weighted by Gasteiger charge is -2.43. The maximum absolute atomic E-state index is 15.1. The third-order valence-electron chi connectivity index (χ3n) is 8.01. The molecule has 1 fully saturated rings. The van der Waals surface area contributed by atoms with Crippen molar-refractivity contribution in [1.82, 2.24) is 4.90 Å². The molecule has 3 aliphatic rings. The molecule has 0 spiro atoms. The molecule has 0 amide bonds. The Kier molecular flexibility index (Phi) is 7.15. The van der Waals surface area contributed by atoms with Gasteiger partial charge in [0.1, 0.15) is 11.4 Å². The summed E-state index contributed by atoms with van der Waals surface area (Å²) >= 11 is 0. The molecule has 1 heterocycles. The number of ether oxygens (including phenoxy) is 1. The third-order valence-corrected chi connectivity index (χ3v) is 8.01. The summed E-state index contributed by atoms with van der Waals surface area (Å²) in [7, 11) is 1.73. The summed E-state index contributed by atoms with van der Waals surface area (Å²) in [6.07, 6.45) is 6.85. The van der Waals surface area contributed by atoms with Gasteiger partial charge in [-0.3, -0.25) is 9.29 Å². The molecule has 2 aromatic carbocycles. The van der Waals surface area contributed by atoms with E-state index in [0.717, 1.165) is 55.6 Å². The highest BCUT2D eigenvalue weighted by molar-refractivity contribution is 5.79. The van der Waals surface area contributed by atoms with Crippen LogP contribution in [0.25, 0.3) is 5.57 Å². The fraction of sp³-hybridized carbons (Fsp3) is 0.533. The number of hydrogen-bond donors (Lipinski definition) is 1. The number of rotatable bonds is 11. The Bertz CT molecular complexity index is 1080. The van der Waals surface area contributed by atoms with Crippen molar-refractivity contribution in [3.8, 4) is 5.75 Å². The average Bonchev–Trinajstić information content (AvgIpc) is 3.49.